The van der Waals surface area contributed by atoms with Crippen molar-refractivity contribution >= 4 is 11.8 Å². The van der Waals surface area contributed by atoms with Crippen molar-refractivity contribution in [1.82, 2.24) is 9.80 Å². The molecule has 104 heavy (non-hydrogen) atoms. The van der Waals surface area contributed by atoms with Gasteiger partial charge in [0.2, 0.25) is 11.8 Å². The van der Waals surface area contributed by atoms with Gasteiger partial charge >= 0.3 is 0 Å². The van der Waals surface area contributed by atoms with E-state index in [1.165, 1.54) is 66.8 Å². The van der Waals surface area contributed by atoms with E-state index in [0.717, 1.165) is 118 Å². The van der Waals surface area contributed by atoms with E-state index in [1.54, 1.807) is 0 Å². The Morgan fingerprint density at radius 1 is 0.298 bits per heavy atom. The van der Waals surface area contributed by atoms with Crippen LogP contribution in [0.1, 0.15) is 195 Å². The fourth-order valence-corrected chi connectivity index (χ4v) is 16.1. The molecule has 1 saturated heterocycles. The van der Waals surface area contributed by atoms with Crippen molar-refractivity contribution in [2.45, 2.75) is 168 Å². The standard InChI is InChI=1S/C88H138N8O2.6ClH/c1-25-75(79-43-31-71(32-44-79)63-93(13,14)15)57-87(5,59-83(81-47-35-73(36-48-81)65-95(19,20)21)55-67(3)77-39-27-69(28-40-77)61-91(7,8)9)85(97)89-51-53-90(54-52-89)86(98)88(6,58-76(26-2)80-45-33-72(34-46-80)64-94(16,17)18)60-84(82-49-37-74(38-50-82)66-96(22,23)24)56-68(4)78-41-29-70(30-42-78)62-92(10,11)12;;;;;;/h27-50,67-68,75-76,83-84H,25-26,51-66H2,1-24H3;6*1H/q+6;;;;;;/p-6. The number of nitrogens with zero attached hydrogens (tertiary/aromatic N) is 8. The maximum absolute atomic E-state index is 16.4. The summed E-state index contributed by atoms with van der Waals surface area (Å²) in [6.45, 7) is 21.8. The van der Waals surface area contributed by atoms with Crippen LogP contribution in [-0.4, -0.2) is 202 Å². The summed E-state index contributed by atoms with van der Waals surface area (Å²) in [5.41, 5.74) is 14.5. The van der Waals surface area contributed by atoms with E-state index in [9.17, 15) is 0 Å². The van der Waals surface area contributed by atoms with Gasteiger partial charge in [-0.15, -0.1) is 0 Å². The number of carbonyl (C=O) groups is 2. The van der Waals surface area contributed by atoms with Crippen molar-refractivity contribution in [3.8, 4) is 0 Å². The molecular weight excluding hydrogens is 1410 g/mol. The Morgan fingerprint density at radius 3 is 0.635 bits per heavy atom. The van der Waals surface area contributed by atoms with E-state index in [-0.39, 0.29) is 122 Å². The topological polar surface area (TPSA) is 40.6 Å². The number of piperazine rings is 1. The molecule has 6 aromatic rings. The third-order valence-corrected chi connectivity index (χ3v) is 20.8. The number of carbonyl (C=O) groups excluding carboxylic acids is 2. The van der Waals surface area contributed by atoms with Crippen LogP contribution in [0.3, 0.4) is 0 Å². The van der Waals surface area contributed by atoms with Gasteiger partial charge in [-0.2, -0.15) is 0 Å². The number of amides is 2. The van der Waals surface area contributed by atoms with Gasteiger partial charge in [0.15, 0.2) is 0 Å². The number of rotatable bonds is 34. The Morgan fingerprint density at radius 2 is 0.462 bits per heavy atom. The first kappa shape index (κ1) is 97.8. The molecule has 0 N–H and O–H groups in total. The molecule has 1 fully saturated rings. The lowest BCUT2D eigenvalue weighted by Crippen LogP contribution is -3.00. The second-order valence-electron chi connectivity index (χ2n) is 37.5. The largest absolute Gasteiger partial charge is 1.00 e. The van der Waals surface area contributed by atoms with Crippen LogP contribution in [0.4, 0.5) is 0 Å². The molecule has 584 valence electrons. The summed E-state index contributed by atoms with van der Waals surface area (Å²) in [6, 6.07) is 56.3. The molecule has 2 amide bonds. The molecule has 1 heterocycles. The maximum Gasteiger partial charge on any atom is 0.228 e. The Labute approximate surface area is 671 Å². The van der Waals surface area contributed by atoms with Gasteiger partial charge in [0.1, 0.15) is 39.3 Å². The molecule has 8 unspecified atom stereocenters. The van der Waals surface area contributed by atoms with E-state index < -0.39 is 10.8 Å². The summed E-state index contributed by atoms with van der Waals surface area (Å²) in [4.78, 5) is 37.2. The van der Waals surface area contributed by atoms with E-state index in [2.05, 4.69) is 324 Å². The molecule has 1 aliphatic heterocycles. The number of hydrogen-bond acceptors (Lipinski definition) is 2. The van der Waals surface area contributed by atoms with Crippen molar-refractivity contribution in [2.24, 2.45) is 10.8 Å². The average Bonchev–Trinajstić information content (AvgIpc) is 0.782. The molecule has 0 aliphatic carbocycles. The van der Waals surface area contributed by atoms with Gasteiger partial charge in [0, 0.05) is 70.4 Å². The van der Waals surface area contributed by atoms with Gasteiger partial charge < -0.3 is 111 Å². The van der Waals surface area contributed by atoms with Crippen molar-refractivity contribution in [2.75, 3.05) is 153 Å². The highest BCUT2D eigenvalue weighted by atomic mass is 35.5. The van der Waals surface area contributed by atoms with Gasteiger partial charge in [0.05, 0.1) is 127 Å². The van der Waals surface area contributed by atoms with E-state index in [1.807, 2.05) is 0 Å². The van der Waals surface area contributed by atoms with Crippen LogP contribution in [-0.2, 0) is 48.9 Å². The van der Waals surface area contributed by atoms with Crippen LogP contribution in [0, 0.1) is 10.8 Å². The van der Waals surface area contributed by atoms with E-state index in [0.29, 0.717) is 26.2 Å². The third-order valence-electron chi connectivity index (χ3n) is 20.8. The number of halogens is 6. The van der Waals surface area contributed by atoms with Crippen LogP contribution >= 0.6 is 0 Å². The van der Waals surface area contributed by atoms with Gasteiger partial charge in [-0.3, -0.25) is 9.59 Å². The number of hydrogen-bond donors (Lipinski definition) is 0. The highest BCUT2D eigenvalue weighted by Gasteiger charge is 2.46. The fourth-order valence-electron chi connectivity index (χ4n) is 16.1. The lowest BCUT2D eigenvalue weighted by Gasteiger charge is -2.45. The number of benzene rings is 6. The lowest BCUT2D eigenvalue weighted by molar-refractivity contribution is -0.884. The highest BCUT2D eigenvalue weighted by molar-refractivity contribution is 5.85. The van der Waals surface area contributed by atoms with Crippen molar-refractivity contribution < 1.29 is 111 Å². The Bertz CT molecular complexity index is 3240. The minimum absolute atomic E-state index is 0. The summed E-state index contributed by atoms with van der Waals surface area (Å²) in [6.07, 6.45) is 6.64. The van der Waals surface area contributed by atoms with Crippen LogP contribution in [0.25, 0.3) is 0 Å². The van der Waals surface area contributed by atoms with Crippen LogP contribution < -0.4 is 74.4 Å². The maximum atomic E-state index is 16.4. The van der Waals surface area contributed by atoms with Crippen molar-refractivity contribution in [3.05, 3.63) is 212 Å². The molecular formula is C88H138Cl6N8O2. The molecule has 1 aliphatic rings. The second-order valence-corrected chi connectivity index (χ2v) is 37.5. The Hall–Kier alpha value is -4.24. The summed E-state index contributed by atoms with van der Waals surface area (Å²) in [7, 11) is 40.6. The molecule has 16 heteroatoms. The van der Waals surface area contributed by atoms with Gasteiger partial charge in [-0.25, -0.2) is 0 Å². The minimum Gasteiger partial charge on any atom is -1.00 e. The summed E-state index contributed by atoms with van der Waals surface area (Å²) < 4.78 is 5.20. The molecule has 0 bridgehead atoms. The predicted octanol–water partition coefficient (Wildman–Crippen LogP) is -1.17. The molecule has 6 aromatic carbocycles. The van der Waals surface area contributed by atoms with Crippen LogP contribution in [0.15, 0.2) is 146 Å². The predicted molar refractivity (Wildman–Crippen MR) is 415 cm³/mol. The molecule has 0 aromatic heterocycles. The third kappa shape index (κ3) is 31.0. The van der Waals surface area contributed by atoms with Crippen LogP contribution in [0.5, 0.6) is 0 Å². The highest BCUT2D eigenvalue weighted by Crippen LogP contribution is 2.48. The fraction of sp³-hybridized carbons (Fsp3) is 0.568. The van der Waals surface area contributed by atoms with E-state index in [4.69, 9.17) is 0 Å². The van der Waals surface area contributed by atoms with E-state index >= 15 is 9.59 Å². The summed E-state index contributed by atoms with van der Waals surface area (Å²) in [5.74, 6) is 1.59. The van der Waals surface area contributed by atoms with Gasteiger partial charge in [-0.1, -0.05) is 187 Å². The smallest absolute Gasteiger partial charge is 0.228 e. The molecule has 10 nitrogen and oxygen atoms in total. The monoisotopic (exact) mass is 1550 g/mol. The van der Waals surface area contributed by atoms with Gasteiger partial charge in [0.25, 0.3) is 0 Å². The SMILES string of the molecule is CCC(CC(C)(CC(CC(C)c1ccc(C[N+](C)(C)C)cc1)c1ccc(C[N+](C)(C)C)cc1)C(=O)N1CCN(C(=O)C(C)(CC(CC)c2ccc(C[N+](C)(C)C)cc2)CC(CC(C)c2ccc(C[N+](C)(C)C)cc2)c2ccc(C[N+](C)(C)C)cc2)CC1)c1ccc(C[N+](C)(C)C)cc1.[Cl-].[Cl-].[Cl-].[Cl-].[Cl-].[Cl-]. The molecule has 0 spiro atoms. The Balaban J connectivity index is 0.00000901. The minimum atomic E-state index is -0.713. The Kier molecular flexibility index (Phi) is 38.5. The number of quaternary nitrogens is 6. The summed E-state index contributed by atoms with van der Waals surface area (Å²) >= 11 is 0. The van der Waals surface area contributed by atoms with Crippen molar-refractivity contribution in [1.29, 1.82) is 0 Å². The zero-order valence-electron chi connectivity index (χ0n) is 68.7. The summed E-state index contributed by atoms with van der Waals surface area (Å²) in [5, 5.41) is 0. The molecule has 0 saturated carbocycles. The van der Waals surface area contributed by atoms with Crippen molar-refractivity contribution in [3.63, 3.8) is 0 Å². The average molecular weight is 1550 g/mol. The molecule has 8 atom stereocenters. The van der Waals surface area contributed by atoms with Gasteiger partial charge in [-0.05, 0) is 120 Å². The normalized spacial score (nSPS) is 16.0. The first-order valence-electron chi connectivity index (χ1n) is 37.4. The second kappa shape index (κ2) is 41.0. The zero-order valence-corrected chi connectivity index (χ0v) is 73.2. The molecule has 0 radical (unpaired) electrons. The first-order valence-corrected chi connectivity index (χ1v) is 37.4. The quantitative estimate of drug-likeness (QED) is 0.0480. The van der Waals surface area contributed by atoms with Crippen LogP contribution in [0.2, 0.25) is 0 Å². The first-order chi connectivity index (χ1) is 45.5. The zero-order chi connectivity index (χ0) is 72.4. The lowest BCUT2D eigenvalue weighted by atomic mass is 9.68. The molecule has 7 rings (SSSR count).